The molecule has 19 heavy (non-hydrogen) atoms. The van der Waals surface area contributed by atoms with Crippen molar-refractivity contribution in [3.05, 3.63) is 27.7 Å². The summed E-state index contributed by atoms with van der Waals surface area (Å²) >= 11 is 11.7. The van der Waals surface area contributed by atoms with Crippen LogP contribution in [0, 0.1) is 0 Å². The third-order valence-corrected chi connectivity index (χ3v) is 3.23. The average Bonchev–Trinajstić information content (AvgIpc) is 2.35. The number of hydrogen-bond donors (Lipinski definition) is 2. The lowest BCUT2D eigenvalue weighted by molar-refractivity contribution is 0.0698. The Morgan fingerprint density at radius 2 is 1.74 bits per heavy atom. The molecule has 2 N–H and O–H groups in total. The van der Waals surface area contributed by atoms with Crippen LogP contribution in [0.25, 0.3) is 0 Å². The maximum atomic E-state index is 11.9. The molecule has 0 saturated heterocycles. The van der Waals surface area contributed by atoms with Crippen LogP contribution >= 0.6 is 23.2 Å². The van der Waals surface area contributed by atoms with Crippen molar-refractivity contribution in [3.63, 3.8) is 0 Å². The fraction of sp³-hybridized carbons (Fsp3) is 0.333. The first-order chi connectivity index (χ1) is 8.92. The summed E-state index contributed by atoms with van der Waals surface area (Å²) in [5, 5.41) is 11.8. The van der Waals surface area contributed by atoms with Crippen molar-refractivity contribution in [2.24, 2.45) is 0 Å². The van der Waals surface area contributed by atoms with Gasteiger partial charge in [0.05, 0.1) is 15.7 Å². The Balaban J connectivity index is 3.17. The van der Waals surface area contributed by atoms with Gasteiger partial charge in [-0.05, 0) is 26.0 Å². The standard InChI is InChI=1S/C12H14Cl2N2O3/c1-3-16(4-2)12(19)15-10-8(14)6-5-7(13)9(10)11(17)18/h5-6H,3-4H2,1-2H3,(H,15,19)(H,17,18). The number of nitrogens with one attached hydrogen (secondary N) is 1. The molecular weight excluding hydrogens is 291 g/mol. The van der Waals surface area contributed by atoms with E-state index in [0.717, 1.165) is 0 Å². The largest absolute Gasteiger partial charge is 0.478 e. The minimum atomic E-state index is -1.25. The quantitative estimate of drug-likeness (QED) is 0.893. The molecule has 5 nitrogen and oxygen atoms in total. The number of carbonyl (C=O) groups excluding carboxylic acids is 1. The number of urea groups is 1. The summed E-state index contributed by atoms with van der Waals surface area (Å²) in [4.78, 5) is 24.6. The van der Waals surface area contributed by atoms with Crippen LogP contribution < -0.4 is 5.32 Å². The Bertz CT molecular complexity index is 502. The van der Waals surface area contributed by atoms with Gasteiger partial charge in [-0.3, -0.25) is 0 Å². The Labute approximate surface area is 121 Å². The average molecular weight is 305 g/mol. The van der Waals surface area contributed by atoms with Crippen molar-refractivity contribution < 1.29 is 14.7 Å². The molecule has 7 heteroatoms. The smallest absolute Gasteiger partial charge is 0.339 e. The van der Waals surface area contributed by atoms with Crippen LogP contribution in [-0.2, 0) is 0 Å². The van der Waals surface area contributed by atoms with Gasteiger partial charge in [0.15, 0.2) is 0 Å². The van der Waals surface area contributed by atoms with E-state index in [2.05, 4.69) is 5.32 Å². The number of amides is 2. The SMILES string of the molecule is CCN(CC)C(=O)Nc1c(Cl)ccc(Cl)c1C(=O)O. The number of rotatable bonds is 4. The molecule has 0 atom stereocenters. The molecule has 0 bridgehead atoms. The minimum Gasteiger partial charge on any atom is -0.478 e. The van der Waals surface area contributed by atoms with Gasteiger partial charge < -0.3 is 15.3 Å². The Morgan fingerprint density at radius 3 is 2.21 bits per heavy atom. The van der Waals surface area contributed by atoms with E-state index in [4.69, 9.17) is 28.3 Å². The normalized spacial score (nSPS) is 10.1. The number of carboxylic acids is 1. The van der Waals surface area contributed by atoms with E-state index in [0.29, 0.717) is 13.1 Å². The number of hydrogen-bond acceptors (Lipinski definition) is 2. The first kappa shape index (κ1) is 15.6. The molecule has 0 aliphatic carbocycles. The first-order valence-electron chi connectivity index (χ1n) is 5.69. The van der Waals surface area contributed by atoms with Crippen LogP contribution in [0.5, 0.6) is 0 Å². The molecular formula is C12H14Cl2N2O3. The van der Waals surface area contributed by atoms with Crippen molar-refractivity contribution in [3.8, 4) is 0 Å². The highest BCUT2D eigenvalue weighted by molar-refractivity contribution is 6.38. The van der Waals surface area contributed by atoms with Crippen molar-refractivity contribution in [2.75, 3.05) is 18.4 Å². The summed E-state index contributed by atoms with van der Waals surface area (Å²) in [7, 11) is 0. The van der Waals surface area contributed by atoms with Crippen LogP contribution in [0.15, 0.2) is 12.1 Å². The predicted molar refractivity (Wildman–Crippen MR) is 75.4 cm³/mol. The summed E-state index contributed by atoms with van der Waals surface area (Å²) in [6.07, 6.45) is 0. The maximum Gasteiger partial charge on any atom is 0.339 e. The van der Waals surface area contributed by atoms with Crippen LogP contribution in [0.1, 0.15) is 24.2 Å². The highest BCUT2D eigenvalue weighted by Crippen LogP contribution is 2.32. The van der Waals surface area contributed by atoms with Crippen LogP contribution in [-0.4, -0.2) is 35.1 Å². The summed E-state index contributed by atoms with van der Waals surface area (Å²) in [6.45, 7) is 4.65. The zero-order chi connectivity index (χ0) is 14.6. The topological polar surface area (TPSA) is 69.6 Å². The molecule has 0 aromatic heterocycles. The predicted octanol–water partition coefficient (Wildman–Crippen LogP) is 3.57. The number of carbonyl (C=O) groups is 2. The molecule has 2 amide bonds. The lowest BCUT2D eigenvalue weighted by atomic mass is 10.1. The third-order valence-electron chi connectivity index (χ3n) is 2.60. The second-order valence-corrected chi connectivity index (χ2v) is 4.50. The van der Waals surface area contributed by atoms with E-state index in [1.54, 1.807) is 0 Å². The molecule has 1 rings (SSSR count). The molecule has 0 radical (unpaired) electrons. The zero-order valence-corrected chi connectivity index (χ0v) is 12.0. The second kappa shape index (κ2) is 6.63. The lowest BCUT2D eigenvalue weighted by Crippen LogP contribution is -2.35. The van der Waals surface area contributed by atoms with Crippen LogP contribution in [0.4, 0.5) is 10.5 Å². The van der Waals surface area contributed by atoms with Crippen molar-refractivity contribution >= 4 is 40.9 Å². The van der Waals surface area contributed by atoms with Gasteiger partial charge in [0.25, 0.3) is 0 Å². The van der Waals surface area contributed by atoms with Gasteiger partial charge in [0.2, 0.25) is 0 Å². The van der Waals surface area contributed by atoms with E-state index in [1.807, 2.05) is 13.8 Å². The molecule has 1 aromatic rings. The van der Waals surface area contributed by atoms with Crippen LogP contribution in [0.2, 0.25) is 10.0 Å². The van der Waals surface area contributed by atoms with E-state index >= 15 is 0 Å². The molecule has 1 aromatic carbocycles. The minimum absolute atomic E-state index is 0.0126. The van der Waals surface area contributed by atoms with Gasteiger partial charge in [-0.2, -0.15) is 0 Å². The molecule has 0 aliphatic heterocycles. The zero-order valence-electron chi connectivity index (χ0n) is 10.5. The molecule has 0 aliphatic rings. The molecule has 0 unspecified atom stereocenters. The third kappa shape index (κ3) is 3.52. The Hall–Kier alpha value is -1.46. The molecule has 0 spiro atoms. The first-order valence-corrected chi connectivity index (χ1v) is 6.45. The maximum absolute atomic E-state index is 11.9. The number of carboxylic acid groups (broad SMARTS) is 1. The molecule has 0 saturated carbocycles. The monoisotopic (exact) mass is 304 g/mol. The van der Waals surface area contributed by atoms with Gasteiger partial charge in [-0.1, -0.05) is 23.2 Å². The summed E-state index contributed by atoms with van der Waals surface area (Å²) in [6, 6.07) is 2.39. The number of nitrogens with zero attached hydrogens (tertiary/aromatic N) is 1. The van der Waals surface area contributed by atoms with E-state index in [1.165, 1.54) is 17.0 Å². The Kier molecular flexibility index (Phi) is 5.44. The van der Waals surface area contributed by atoms with Crippen molar-refractivity contribution in [1.82, 2.24) is 4.90 Å². The van der Waals surface area contributed by atoms with E-state index < -0.39 is 12.0 Å². The summed E-state index contributed by atoms with van der Waals surface area (Å²) < 4.78 is 0. The number of halogens is 2. The van der Waals surface area contributed by atoms with Gasteiger partial charge >= 0.3 is 12.0 Å². The molecule has 0 fully saturated rings. The van der Waals surface area contributed by atoms with Gasteiger partial charge in [-0.15, -0.1) is 0 Å². The van der Waals surface area contributed by atoms with Gasteiger partial charge in [0, 0.05) is 13.1 Å². The lowest BCUT2D eigenvalue weighted by Gasteiger charge is -2.20. The fourth-order valence-corrected chi connectivity index (χ4v) is 2.02. The highest BCUT2D eigenvalue weighted by Gasteiger charge is 2.21. The van der Waals surface area contributed by atoms with E-state index in [9.17, 15) is 9.59 Å². The highest BCUT2D eigenvalue weighted by atomic mass is 35.5. The van der Waals surface area contributed by atoms with Crippen LogP contribution in [0.3, 0.4) is 0 Å². The molecule has 104 valence electrons. The summed E-state index contributed by atoms with van der Waals surface area (Å²) in [5.41, 5.74) is -0.201. The van der Waals surface area contributed by atoms with Crippen molar-refractivity contribution in [1.29, 1.82) is 0 Å². The van der Waals surface area contributed by atoms with Gasteiger partial charge in [-0.25, -0.2) is 9.59 Å². The van der Waals surface area contributed by atoms with Crippen molar-refractivity contribution in [2.45, 2.75) is 13.8 Å². The number of benzene rings is 1. The molecule has 0 heterocycles. The number of aromatic carboxylic acids is 1. The fourth-order valence-electron chi connectivity index (χ4n) is 1.58. The Morgan fingerprint density at radius 1 is 1.21 bits per heavy atom. The number of anilines is 1. The van der Waals surface area contributed by atoms with Gasteiger partial charge in [0.1, 0.15) is 5.56 Å². The van der Waals surface area contributed by atoms with E-state index in [-0.39, 0.29) is 21.3 Å². The summed E-state index contributed by atoms with van der Waals surface area (Å²) in [5.74, 6) is -1.25. The second-order valence-electron chi connectivity index (χ2n) is 3.69.